The minimum atomic E-state index is -1.14. The lowest BCUT2D eigenvalue weighted by molar-refractivity contribution is -0.138. The highest BCUT2D eigenvalue weighted by atomic mass is 19.1. The molecule has 6 nitrogen and oxygen atoms in total. The molecule has 7 heteroatoms. The zero-order chi connectivity index (χ0) is 14.4. The number of halogens is 1. The normalized spacial score (nSPS) is 9.79. The molecule has 0 fully saturated rings. The summed E-state index contributed by atoms with van der Waals surface area (Å²) >= 11 is 0. The van der Waals surface area contributed by atoms with Gasteiger partial charge in [-0.1, -0.05) is 6.07 Å². The summed E-state index contributed by atoms with van der Waals surface area (Å²) in [4.78, 5) is 32.7. The van der Waals surface area contributed by atoms with Crippen molar-refractivity contribution in [2.75, 3.05) is 5.32 Å². The van der Waals surface area contributed by atoms with E-state index in [0.717, 1.165) is 0 Å². The van der Waals surface area contributed by atoms with Crippen LogP contribution in [0.5, 0.6) is 0 Å². The van der Waals surface area contributed by atoms with Gasteiger partial charge in [-0.2, -0.15) is 0 Å². The molecule has 0 radical (unpaired) electrons. The second kappa shape index (κ2) is 6.48. The fourth-order valence-electron chi connectivity index (χ4n) is 1.28. The standard InChI is InChI=1S/C12H13FN2O4/c1-7-2-3-9(8(13)6-7)14-12(19)15-10(16)4-5-11(17)18/h2-3,6H,4-5H2,1H3,(H,17,18)(H2,14,15,16,19). The number of rotatable bonds is 4. The molecule has 0 aromatic heterocycles. The maximum atomic E-state index is 13.4. The number of carbonyl (C=O) groups is 3. The molecule has 0 aliphatic rings. The monoisotopic (exact) mass is 268 g/mol. The van der Waals surface area contributed by atoms with Gasteiger partial charge >= 0.3 is 12.0 Å². The van der Waals surface area contributed by atoms with E-state index in [1.54, 1.807) is 13.0 Å². The van der Waals surface area contributed by atoms with Gasteiger partial charge in [0, 0.05) is 6.42 Å². The van der Waals surface area contributed by atoms with Crippen LogP contribution in [0, 0.1) is 12.7 Å². The van der Waals surface area contributed by atoms with Gasteiger partial charge < -0.3 is 10.4 Å². The third-order valence-corrected chi connectivity index (χ3v) is 2.19. The maximum absolute atomic E-state index is 13.4. The van der Waals surface area contributed by atoms with E-state index in [2.05, 4.69) is 5.32 Å². The van der Waals surface area contributed by atoms with Gasteiger partial charge in [0.15, 0.2) is 0 Å². The number of benzene rings is 1. The van der Waals surface area contributed by atoms with Crippen LogP contribution in [0.3, 0.4) is 0 Å². The van der Waals surface area contributed by atoms with Gasteiger partial charge in [0.25, 0.3) is 0 Å². The van der Waals surface area contributed by atoms with E-state index < -0.39 is 23.7 Å². The van der Waals surface area contributed by atoms with Crippen molar-refractivity contribution >= 4 is 23.6 Å². The van der Waals surface area contributed by atoms with Crippen molar-refractivity contribution < 1.29 is 23.9 Å². The molecule has 0 unspecified atom stereocenters. The summed E-state index contributed by atoms with van der Waals surface area (Å²) in [5, 5.41) is 12.4. The second-order valence-electron chi connectivity index (χ2n) is 3.88. The number of nitrogens with one attached hydrogen (secondary N) is 2. The number of anilines is 1. The highest BCUT2D eigenvalue weighted by molar-refractivity contribution is 6.01. The maximum Gasteiger partial charge on any atom is 0.325 e. The molecule has 1 aromatic rings. The lowest BCUT2D eigenvalue weighted by Crippen LogP contribution is -2.34. The Morgan fingerprint density at radius 2 is 1.95 bits per heavy atom. The molecule has 3 N–H and O–H groups in total. The van der Waals surface area contributed by atoms with Crippen LogP contribution in [0.1, 0.15) is 18.4 Å². The highest BCUT2D eigenvalue weighted by Crippen LogP contribution is 2.14. The highest BCUT2D eigenvalue weighted by Gasteiger charge is 2.11. The van der Waals surface area contributed by atoms with Crippen LogP contribution in [0.15, 0.2) is 18.2 Å². The van der Waals surface area contributed by atoms with E-state index in [-0.39, 0.29) is 18.5 Å². The zero-order valence-corrected chi connectivity index (χ0v) is 10.2. The molecule has 0 heterocycles. The zero-order valence-electron chi connectivity index (χ0n) is 10.2. The van der Waals surface area contributed by atoms with Gasteiger partial charge in [-0.05, 0) is 24.6 Å². The number of aryl methyl sites for hydroxylation is 1. The van der Waals surface area contributed by atoms with Crippen molar-refractivity contribution in [1.82, 2.24) is 5.32 Å². The van der Waals surface area contributed by atoms with Crippen LogP contribution in [0.4, 0.5) is 14.9 Å². The summed E-state index contributed by atoms with van der Waals surface area (Å²) in [5.74, 6) is -2.50. The molecule has 0 saturated carbocycles. The van der Waals surface area contributed by atoms with Crippen molar-refractivity contribution in [3.8, 4) is 0 Å². The van der Waals surface area contributed by atoms with Crippen molar-refractivity contribution in [3.05, 3.63) is 29.6 Å². The van der Waals surface area contributed by atoms with Crippen LogP contribution in [0.2, 0.25) is 0 Å². The van der Waals surface area contributed by atoms with Crippen molar-refractivity contribution in [2.24, 2.45) is 0 Å². The minimum Gasteiger partial charge on any atom is -0.481 e. The number of urea groups is 1. The number of hydrogen-bond donors (Lipinski definition) is 3. The fraction of sp³-hybridized carbons (Fsp3) is 0.250. The molecular weight excluding hydrogens is 255 g/mol. The Hall–Kier alpha value is -2.44. The summed E-state index contributed by atoms with van der Waals surface area (Å²) < 4.78 is 13.4. The quantitative estimate of drug-likeness (QED) is 0.773. The van der Waals surface area contributed by atoms with Crippen LogP contribution in [0.25, 0.3) is 0 Å². The first kappa shape index (κ1) is 14.6. The largest absolute Gasteiger partial charge is 0.481 e. The molecule has 19 heavy (non-hydrogen) atoms. The Morgan fingerprint density at radius 1 is 1.26 bits per heavy atom. The van der Waals surface area contributed by atoms with Crippen LogP contribution in [-0.4, -0.2) is 23.0 Å². The molecule has 0 spiro atoms. The SMILES string of the molecule is Cc1ccc(NC(=O)NC(=O)CCC(=O)O)c(F)c1. The van der Waals surface area contributed by atoms with Gasteiger partial charge in [-0.25, -0.2) is 9.18 Å². The molecule has 0 atom stereocenters. The summed E-state index contributed by atoms with van der Waals surface area (Å²) in [5.41, 5.74) is 0.634. The predicted molar refractivity (Wildman–Crippen MR) is 65.2 cm³/mol. The van der Waals surface area contributed by atoms with Gasteiger partial charge in [-0.15, -0.1) is 0 Å². The fourth-order valence-corrected chi connectivity index (χ4v) is 1.28. The number of carbonyl (C=O) groups excluding carboxylic acids is 2. The summed E-state index contributed by atoms with van der Waals surface area (Å²) in [6.45, 7) is 1.70. The van der Waals surface area contributed by atoms with Crippen LogP contribution in [-0.2, 0) is 9.59 Å². The Balaban J connectivity index is 2.51. The summed E-state index contributed by atoms with van der Waals surface area (Å²) in [6, 6.07) is 3.30. The van der Waals surface area contributed by atoms with E-state index in [4.69, 9.17) is 5.11 Å². The number of aliphatic carboxylic acids is 1. The molecule has 0 saturated heterocycles. The number of amides is 3. The molecular formula is C12H13FN2O4. The van der Waals surface area contributed by atoms with Gasteiger partial charge in [0.05, 0.1) is 12.1 Å². The minimum absolute atomic E-state index is 0.0610. The van der Waals surface area contributed by atoms with Gasteiger partial charge in [0.1, 0.15) is 5.82 Å². The first-order valence-electron chi connectivity index (χ1n) is 5.47. The average Bonchev–Trinajstić information content (AvgIpc) is 2.30. The van der Waals surface area contributed by atoms with Crippen LogP contribution < -0.4 is 10.6 Å². The smallest absolute Gasteiger partial charge is 0.325 e. The number of carboxylic acid groups (broad SMARTS) is 1. The summed E-state index contributed by atoms with van der Waals surface area (Å²) in [6.07, 6.45) is -0.697. The number of carboxylic acids is 1. The Morgan fingerprint density at radius 3 is 2.53 bits per heavy atom. The lowest BCUT2D eigenvalue weighted by atomic mass is 10.2. The Labute approximate surface area is 108 Å². The first-order valence-corrected chi connectivity index (χ1v) is 5.47. The number of hydrogen-bond acceptors (Lipinski definition) is 3. The van der Waals surface area contributed by atoms with Crippen LogP contribution >= 0.6 is 0 Å². The Bertz CT molecular complexity index is 516. The van der Waals surface area contributed by atoms with Gasteiger partial charge in [0.2, 0.25) is 5.91 Å². The van der Waals surface area contributed by atoms with E-state index in [0.29, 0.717) is 5.56 Å². The van der Waals surface area contributed by atoms with E-state index in [1.165, 1.54) is 12.1 Å². The third-order valence-electron chi connectivity index (χ3n) is 2.19. The predicted octanol–water partition coefficient (Wildman–Crippen LogP) is 1.65. The number of imide groups is 1. The van der Waals surface area contributed by atoms with Gasteiger partial charge in [-0.3, -0.25) is 14.9 Å². The average molecular weight is 268 g/mol. The molecule has 0 aliphatic heterocycles. The molecule has 102 valence electrons. The van der Waals surface area contributed by atoms with Crippen molar-refractivity contribution in [3.63, 3.8) is 0 Å². The molecule has 0 aliphatic carbocycles. The molecule has 1 rings (SSSR count). The second-order valence-corrected chi connectivity index (χ2v) is 3.88. The topological polar surface area (TPSA) is 95.5 Å². The molecule has 3 amide bonds. The van der Waals surface area contributed by atoms with E-state index in [1.807, 2.05) is 5.32 Å². The molecule has 1 aromatic carbocycles. The first-order chi connectivity index (χ1) is 8.88. The molecule has 0 bridgehead atoms. The van der Waals surface area contributed by atoms with Crippen molar-refractivity contribution in [1.29, 1.82) is 0 Å². The van der Waals surface area contributed by atoms with Crippen molar-refractivity contribution in [2.45, 2.75) is 19.8 Å². The lowest BCUT2D eigenvalue weighted by Gasteiger charge is -2.07. The Kier molecular flexibility index (Phi) is 4.99. The third kappa shape index (κ3) is 5.15. The van der Waals surface area contributed by atoms with E-state index >= 15 is 0 Å². The summed E-state index contributed by atoms with van der Waals surface area (Å²) in [7, 11) is 0. The van der Waals surface area contributed by atoms with E-state index in [9.17, 15) is 18.8 Å².